The number of hydrogen-bond donors (Lipinski definition) is 0. The van der Waals surface area contributed by atoms with Crippen LogP contribution in [0.2, 0.25) is 0 Å². The van der Waals surface area contributed by atoms with Crippen LogP contribution in [0.1, 0.15) is 78.1 Å². The van der Waals surface area contributed by atoms with E-state index in [1.54, 1.807) is 13.0 Å². The van der Waals surface area contributed by atoms with E-state index in [1.165, 1.54) is 38.2 Å². The number of rotatable bonds is 16. The maximum Gasteiger partial charge on any atom is 1.00 e. The van der Waals surface area contributed by atoms with Crippen LogP contribution in [-0.4, -0.2) is 43.4 Å². The van der Waals surface area contributed by atoms with Gasteiger partial charge in [0.05, 0.1) is 13.0 Å². The Morgan fingerprint density at radius 3 is 2.00 bits per heavy atom. The van der Waals surface area contributed by atoms with Crippen LogP contribution < -0.4 is 29.6 Å². The van der Waals surface area contributed by atoms with Gasteiger partial charge in [0.25, 0.3) is 0 Å². The standard InChI is InChI=1S/C19H34O7S.Na/c1-3-5-7-8-9-10-11-12-13-15-25-18(20)16-17(27(22,23)24)19(21)26-14-6-4-2;/h4,6,17H,3,5,7-16H2,1-2H3,(H,22,23,24);/q;+1/p-1/b6-4+;. The molecule has 0 saturated carbocycles. The monoisotopic (exact) mass is 428 g/mol. The first-order valence-electron chi connectivity index (χ1n) is 9.71. The van der Waals surface area contributed by atoms with E-state index in [0.29, 0.717) is 6.42 Å². The predicted octanol–water partition coefficient (Wildman–Crippen LogP) is 0.488. The summed E-state index contributed by atoms with van der Waals surface area (Å²) in [5.74, 6) is -2.12. The molecule has 28 heavy (non-hydrogen) atoms. The number of allylic oxidation sites excluding steroid dienone is 1. The fraction of sp³-hybridized carbons (Fsp3) is 0.789. The van der Waals surface area contributed by atoms with Gasteiger partial charge >= 0.3 is 41.5 Å². The van der Waals surface area contributed by atoms with E-state index >= 15 is 0 Å². The predicted molar refractivity (Wildman–Crippen MR) is 102 cm³/mol. The number of carbonyl (C=O) groups excluding carboxylic acids is 2. The molecule has 0 radical (unpaired) electrons. The minimum atomic E-state index is -5.00. The topological polar surface area (TPSA) is 110 Å². The number of unbranched alkanes of at least 4 members (excludes halogenated alkanes) is 8. The zero-order chi connectivity index (χ0) is 20.5. The van der Waals surface area contributed by atoms with Gasteiger partial charge in [-0.3, -0.25) is 9.59 Å². The molecule has 1 unspecified atom stereocenters. The minimum absolute atomic E-state index is 0. The average Bonchev–Trinajstić information content (AvgIpc) is 2.60. The Morgan fingerprint density at radius 1 is 0.964 bits per heavy atom. The number of esters is 2. The molecule has 0 spiro atoms. The van der Waals surface area contributed by atoms with Crippen molar-refractivity contribution < 1.29 is 61.6 Å². The molecule has 1 atom stereocenters. The van der Waals surface area contributed by atoms with E-state index in [2.05, 4.69) is 11.7 Å². The Kier molecular flexibility index (Phi) is 19.8. The van der Waals surface area contributed by atoms with Gasteiger partial charge in [-0.25, -0.2) is 8.42 Å². The van der Waals surface area contributed by atoms with E-state index in [-0.39, 0.29) is 42.8 Å². The van der Waals surface area contributed by atoms with Gasteiger partial charge in [-0.05, 0) is 13.3 Å². The van der Waals surface area contributed by atoms with Crippen LogP contribution >= 0.6 is 0 Å². The molecule has 0 saturated heterocycles. The Labute approximate surface area is 191 Å². The summed E-state index contributed by atoms with van der Waals surface area (Å²) >= 11 is 0. The van der Waals surface area contributed by atoms with E-state index in [4.69, 9.17) is 4.74 Å². The van der Waals surface area contributed by atoms with Crippen LogP contribution in [0.25, 0.3) is 0 Å². The maximum atomic E-state index is 11.7. The molecule has 0 aliphatic heterocycles. The Bertz CT molecular complexity index is 546. The van der Waals surface area contributed by atoms with Crippen molar-refractivity contribution in [1.29, 1.82) is 0 Å². The zero-order valence-corrected chi connectivity index (χ0v) is 20.3. The van der Waals surface area contributed by atoms with Gasteiger partial charge in [-0.15, -0.1) is 0 Å². The van der Waals surface area contributed by atoms with Crippen molar-refractivity contribution in [2.75, 3.05) is 13.2 Å². The minimum Gasteiger partial charge on any atom is -0.747 e. The van der Waals surface area contributed by atoms with Crippen molar-refractivity contribution in [3.63, 3.8) is 0 Å². The molecule has 0 aromatic carbocycles. The van der Waals surface area contributed by atoms with Crippen LogP contribution in [0.4, 0.5) is 0 Å². The molecule has 0 rings (SSSR count). The SMILES string of the molecule is C/C=C/COC(=O)C(CC(=O)OCCCCCCCCCCC)S(=O)(=O)[O-].[Na+]. The van der Waals surface area contributed by atoms with E-state index < -0.39 is 33.7 Å². The summed E-state index contributed by atoms with van der Waals surface area (Å²) in [5.41, 5.74) is 0. The third-order valence-corrected chi connectivity index (χ3v) is 5.09. The summed E-state index contributed by atoms with van der Waals surface area (Å²) in [7, 11) is -5.00. The second kappa shape index (κ2) is 18.6. The van der Waals surface area contributed by atoms with Crippen LogP contribution in [0.3, 0.4) is 0 Å². The van der Waals surface area contributed by atoms with Crippen LogP contribution in [0.15, 0.2) is 12.2 Å². The van der Waals surface area contributed by atoms with Gasteiger partial charge in [-0.2, -0.15) is 0 Å². The third kappa shape index (κ3) is 16.5. The molecule has 0 bridgehead atoms. The maximum absolute atomic E-state index is 11.7. The molecule has 7 nitrogen and oxygen atoms in total. The molecule has 0 aliphatic carbocycles. The molecule has 0 amide bonds. The molecular formula is C19H33NaO7S. The number of carbonyl (C=O) groups is 2. The van der Waals surface area contributed by atoms with Gasteiger partial charge in [0.2, 0.25) is 0 Å². The normalized spacial score (nSPS) is 12.4. The van der Waals surface area contributed by atoms with Gasteiger partial charge in [-0.1, -0.05) is 70.4 Å². The first-order chi connectivity index (χ1) is 12.8. The van der Waals surface area contributed by atoms with Crippen molar-refractivity contribution in [2.45, 2.75) is 83.3 Å². The second-order valence-corrected chi connectivity index (χ2v) is 7.99. The first-order valence-corrected chi connectivity index (χ1v) is 11.2. The molecule has 158 valence electrons. The second-order valence-electron chi connectivity index (χ2n) is 6.43. The van der Waals surface area contributed by atoms with Gasteiger partial charge in [0, 0.05) is 0 Å². The summed E-state index contributed by atoms with van der Waals surface area (Å²) in [5, 5.41) is -2.07. The van der Waals surface area contributed by atoms with E-state index in [9.17, 15) is 22.6 Å². The van der Waals surface area contributed by atoms with Crippen molar-refractivity contribution in [2.24, 2.45) is 0 Å². The summed E-state index contributed by atoms with van der Waals surface area (Å²) in [6.45, 7) is 3.87. The summed E-state index contributed by atoms with van der Waals surface area (Å²) in [4.78, 5) is 23.4. The van der Waals surface area contributed by atoms with E-state index in [0.717, 1.165) is 19.3 Å². The number of hydrogen-bond acceptors (Lipinski definition) is 7. The molecule has 0 fully saturated rings. The smallest absolute Gasteiger partial charge is 0.747 e. The van der Waals surface area contributed by atoms with Crippen molar-refractivity contribution in [3.05, 3.63) is 12.2 Å². The van der Waals surface area contributed by atoms with Crippen LogP contribution in [0.5, 0.6) is 0 Å². The average molecular weight is 429 g/mol. The quantitative estimate of drug-likeness (QED) is 0.116. The van der Waals surface area contributed by atoms with Gasteiger partial charge in [0.1, 0.15) is 16.7 Å². The molecule has 0 aromatic rings. The first kappa shape index (κ1) is 29.8. The van der Waals surface area contributed by atoms with Gasteiger partial charge < -0.3 is 14.0 Å². The molecule has 0 aromatic heterocycles. The largest absolute Gasteiger partial charge is 1.00 e. The summed E-state index contributed by atoms with van der Waals surface area (Å²) < 4.78 is 43.2. The number of ether oxygens (including phenoxy) is 2. The van der Waals surface area contributed by atoms with Crippen LogP contribution in [-0.2, 0) is 29.2 Å². The molecule has 0 N–H and O–H groups in total. The summed E-state index contributed by atoms with van der Waals surface area (Å²) in [6, 6.07) is 0. The molecule has 0 heterocycles. The Balaban J connectivity index is 0. The molecule has 0 aliphatic rings. The molecule has 9 heteroatoms. The Hall–Kier alpha value is -0.410. The Morgan fingerprint density at radius 2 is 1.50 bits per heavy atom. The zero-order valence-electron chi connectivity index (χ0n) is 17.5. The fourth-order valence-electron chi connectivity index (χ4n) is 2.43. The summed E-state index contributed by atoms with van der Waals surface area (Å²) in [6.07, 6.45) is 12.3. The van der Waals surface area contributed by atoms with Crippen molar-refractivity contribution in [1.82, 2.24) is 0 Å². The van der Waals surface area contributed by atoms with E-state index in [1.807, 2.05) is 0 Å². The molecular weight excluding hydrogens is 395 g/mol. The van der Waals surface area contributed by atoms with Crippen molar-refractivity contribution in [3.8, 4) is 0 Å². The van der Waals surface area contributed by atoms with Crippen LogP contribution in [0, 0.1) is 0 Å². The van der Waals surface area contributed by atoms with Crippen molar-refractivity contribution >= 4 is 22.1 Å². The van der Waals surface area contributed by atoms with Gasteiger partial charge in [0.15, 0.2) is 5.25 Å². The fourth-order valence-corrected chi connectivity index (χ4v) is 3.08. The third-order valence-electron chi connectivity index (χ3n) is 4.03.